The van der Waals surface area contributed by atoms with Crippen molar-refractivity contribution in [2.45, 2.75) is 19.6 Å². The molecule has 1 saturated heterocycles. The van der Waals surface area contributed by atoms with Crippen molar-refractivity contribution in [2.24, 2.45) is 0 Å². The van der Waals surface area contributed by atoms with Gasteiger partial charge >= 0.3 is 0 Å². The molecule has 28 heavy (non-hydrogen) atoms. The van der Waals surface area contributed by atoms with Gasteiger partial charge in [-0.25, -0.2) is 0 Å². The summed E-state index contributed by atoms with van der Waals surface area (Å²) in [5.41, 5.74) is 1.14. The second-order valence-corrected chi connectivity index (χ2v) is 7.13. The second-order valence-electron chi connectivity index (χ2n) is 6.72. The third-order valence-corrected chi connectivity index (χ3v) is 5.01. The summed E-state index contributed by atoms with van der Waals surface area (Å²) in [5, 5.41) is 10.9. The standard InChI is InChI=1S/C20H22ClN3O4/c1-15(28-19-8-7-17(24(26)27)13-18(19)21)20(25)23-11-9-22(10-12-23)14-16-5-3-2-4-6-16/h2-8,13,15H,9-12,14H2,1H3/t15-/m1/s1. The fourth-order valence-corrected chi connectivity index (χ4v) is 3.38. The lowest BCUT2D eigenvalue weighted by Crippen LogP contribution is -2.51. The Morgan fingerprint density at radius 3 is 2.46 bits per heavy atom. The number of non-ortho nitro benzene ring substituents is 1. The molecule has 3 rings (SSSR count). The van der Waals surface area contributed by atoms with Crippen molar-refractivity contribution < 1.29 is 14.5 Å². The van der Waals surface area contributed by atoms with Crippen LogP contribution in [0, 0.1) is 10.1 Å². The summed E-state index contributed by atoms with van der Waals surface area (Å²) in [6.45, 7) is 5.39. The molecule has 0 spiro atoms. The van der Waals surface area contributed by atoms with Crippen molar-refractivity contribution in [3.05, 3.63) is 69.2 Å². The average Bonchev–Trinajstić information content (AvgIpc) is 2.70. The van der Waals surface area contributed by atoms with E-state index in [0.29, 0.717) is 13.1 Å². The fraction of sp³-hybridized carbons (Fsp3) is 0.350. The molecule has 1 atom stereocenters. The van der Waals surface area contributed by atoms with Crippen LogP contribution in [0.25, 0.3) is 0 Å². The Labute approximate surface area is 168 Å². The summed E-state index contributed by atoms with van der Waals surface area (Å²) >= 11 is 6.04. The van der Waals surface area contributed by atoms with Crippen LogP contribution in [0.15, 0.2) is 48.5 Å². The van der Waals surface area contributed by atoms with Crippen LogP contribution < -0.4 is 4.74 Å². The number of hydrogen-bond acceptors (Lipinski definition) is 5. The summed E-state index contributed by atoms with van der Waals surface area (Å²) < 4.78 is 5.66. The SMILES string of the molecule is C[C@@H](Oc1ccc([N+](=O)[O-])cc1Cl)C(=O)N1CCN(Cc2ccccc2)CC1. The van der Waals surface area contributed by atoms with E-state index >= 15 is 0 Å². The smallest absolute Gasteiger partial charge is 0.271 e. The van der Waals surface area contributed by atoms with Crippen LogP contribution in [0.1, 0.15) is 12.5 Å². The summed E-state index contributed by atoms with van der Waals surface area (Å²) in [6.07, 6.45) is -0.723. The van der Waals surface area contributed by atoms with Gasteiger partial charge in [0, 0.05) is 44.9 Å². The number of nitro benzene ring substituents is 1. The van der Waals surface area contributed by atoms with Crippen LogP contribution in [0.3, 0.4) is 0 Å². The zero-order chi connectivity index (χ0) is 20.1. The maximum Gasteiger partial charge on any atom is 0.271 e. The van der Waals surface area contributed by atoms with E-state index in [1.807, 2.05) is 18.2 Å². The first-order valence-electron chi connectivity index (χ1n) is 9.09. The molecule has 1 aliphatic rings. The predicted molar refractivity (Wildman–Crippen MR) is 106 cm³/mol. The van der Waals surface area contributed by atoms with Crippen molar-refractivity contribution in [3.8, 4) is 5.75 Å². The zero-order valence-corrected chi connectivity index (χ0v) is 16.3. The number of halogens is 1. The lowest BCUT2D eigenvalue weighted by Gasteiger charge is -2.35. The average molecular weight is 404 g/mol. The van der Waals surface area contributed by atoms with Crippen molar-refractivity contribution in [1.29, 1.82) is 0 Å². The van der Waals surface area contributed by atoms with Gasteiger partial charge in [0.25, 0.3) is 11.6 Å². The molecule has 0 aromatic heterocycles. The maximum atomic E-state index is 12.7. The molecular formula is C20H22ClN3O4. The molecule has 0 radical (unpaired) electrons. The molecule has 1 heterocycles. The number of piperazine rings is 1. The van der Waals surface area contributed by atoms with Crippen LogP contribution in [0.2, 0.25) is 5.02 Å². The van der Waals surface area contributed by atoms with Crippen molar-refractivity contribution in [1.82, 2.24) is 9.80 Å². The van der Waals surface area contributed by atoms with E-state index < -0.39 is 11.0 Å². The van der Waals surface area contributed by atoms with Gasteiger partial charge in [-0.05, 0) is 18.6 Å². The first-order chi connectivity index (χ1) is 13.4. The van der Waals surface area contributed by atoms with E-state index in [-0.39, 0.29) is 22.4 Å². The number of carbonyl (C=O) groups is 1. The maximum absolute atomic E-state index is 12.7. The molecule has 148 valence electrons. The van der Waals surface area contributed by atoms with Crippen molar-refractivity contribution in [3.63, 3.8) is 0 Å². The third kappa shape index (κ3) is 4.99. The summed E-state index contributed by atoms with van der Waals surface area (Å²) in [4.78, 5) is 27.0. The minimum atomic E-state index is -0.723. The van der Waals surface area contributed by atoms with Crippen molar-refractivity contribution >= 4 is 23.2 Å². The molecule has 1 aliphatic heterocycles. The van der Waals surface area contributed by atoms with E-state index in [2.05, 4.69) is 17.0 Å². The van der Waals surface area contributed by atoms with Gasteiger partial charge in [0.15, 0.2) is 6.10 Å². The summed E-state index contributed by atoms with van der Waals surface area (Å²) in [5.74, 6) is 0.143. The Hall–Kier alpha value is -2.64. The lowest BCUT2D eigenvalue weighted by molar-refractivity contribution is -0.384. The highest BCUT2D eigenvalue weighted by Crippen LogP contribution is 2.29. The molecular weight excluding hydrogens is 382 g/mol. The number of ether oxygens (including phenoxy) is 1. The molecule has 2 aromatic carbocycles. The van der Waals surface area contributed by atoms with Crippen molar-refractivity contribution in [2.75, 3.05) is 26.2 Å². The van der Waals surface area contributed by atoms with Gasteiger partial charge < -0.3 is 9.64 Å². The molecule has 2 aromatic rings. The molecule has 0 aliphatic carbocycles. The van der Waals surface area contributed by atoms with Gasteiger partial charge in [-0.15, -0.1) is 0 Å². The van der Waals surface area contributed by atoms with Crippen LogP contribution in [-0.4, -0.2) is 52.9 Å². The molecule has 1 fully saturated rings. The minimum Gasteiger partial charge on any atom is -0.479 e. The quantitative estimate of drug-likeness (QED) is 0.546. The topological polar surface area (TPSA) is 75.9 Å². The van der Waals surface area contributed by atoms with Crippen LogP contribution in [0.4, 0.5) is 5.69 Å². The Bertz CT molecular complexity index is 839. The number of nitrogens with zero attached hydrogens (tertiary/aromatic N) is 3. The van der Waals surface area contributed by atoms with E-state index in [4.69, 9.17) is 16.3 Å². The van der Waals surface area contributed by atoms with E-state index in [0.717, 1.165) is 19.6 Å². The normalized spacial score (nSPS) is 15.9. The van der Waals surface area contributed by atoms with Gasteiger partial charge in [-0.2, -0.15) is 0 Å². The Morgan fingerprint density at radius 2 is 1.86 bits per heavy atom. The van der Waals surface area contributed by atoms with E-state index in [1.165, 1.54) is 23.8 Å². The Kier molecular flexibility index (Phi) is 6.49. The molecule has 0 N–H and O–H groups in total. The highest BCUT2D eigenvalue weighted by Gasteiger charge is 2.26. The first-order valence-corrected chi connectivity index (χ1v) is 9.47. The summed E-state index contributed by atoms with van der Waals surface area (Å²) in [7, 11) is 0. The number of benzene rings is 2. The van der Waals surface area contributed by atoms with E-state index in [9.17, 15) is 14.9 Å². The number of amides is 1. The second kappa shape index (κ2) is 9.03. The molecule has 8 heteroatoms. The lowest BCUT2D eigenvalue weighted by atomic mass is 10.2. The predicted octanol–water partition coefficient (Wildman–Crippen LogP) is 3.36. The summed E-state index contributed by atoms with van der Waals surface area (Å²) in [6, 6.07) is 14.2. The fourth-order valence-electron chi connectivity index (χ4n) is 3.16. The Balaban J connectivity index is 1.52. The molecule has 7 nitrogen and oxygen atoms in total. The number of hydrogen-bond donors (Lipinski definition) is 0. The van der Waals surface area contributed by atoms with Gasteiger partial charge in [-0.1, -0.05) is 41.9 Å². The van der Waals surface area contributed by atoms with E-state index in [1.54, 1.807) is 11.8 Å². The van der Waals surface area contributed by atoms with Gasteiger partial charge in [0.1, 0.15) is 5.75 Å². The highest BCUT2D eigenvalue weighted by molar-refractivity contribution is 6.32. The molecule has 1 amide bonds. The van der Waals surface area contributed by atoms with Gasteiger partial charge in [0.2, 0.25) is 0 Å². The highest BCUT2D eigenvalue weighted by atomic mass is 35.5. The first kappa shape index (κ1) is 20.1. The number of carbonyl (C=O) groups excluding carboxylic acids is 1. The van der Waals surface area contributed by atoms with Gasteiger partial charge in [-0.3, -0.25) is 19.8 Å². The monoisotopic (exact) mass is 403 g/mol. The third-order valence-electron chi connectivity index (χ3n) is 4.71. The van der Waals surface area contributed by atoms with Crippen LogP contribution >= 0.6 is 11.6 Å². The number of rotatable bonds is 6. The largest absolute Gasteiger partial charge is 0.479 e. The molecule has 0 saturated carbocycles. The Morgan fingerprint density at radius 1 is 1.18 bits per heavy atom. The number of nitro groups is 1. The van der Waals surface area contributed by atoms with Crippen LogP contribution in [0.5, 0.6) is 5.75 Å². The molecule has 0 unspecified atom stereocenters. The molecule has 0 bridgehead atoms. The minimum absolute atomic E-state index is 0.113. The van der Waals surface area contributed by atoms with Gasteiger partial charge in [0.05, 0.1) is 9.95 Å². The zero-order valence-electron chi connectivity index (χ0n) is 15.6. The van der Waals surface area contributed by atoms with Crippen LogP contribution in [-0.2, 0) is 11.3 Å².